The van der Waals surface area contributed by atoms with Crippen molar-refractivity contribution in [1.29, 1.82) is 0 Å². The molecule has 3 aliphatic rings. The number of rotatable bonds is 3. The molecule has 0 saturated carbocycles. The van der Waals surface area contributed by atoms with E-state index in [4.69, 9.17) is 0 Å². The molecule has 0 bridgehead atoms. The monoisotopic (exact) mass is 362 g/mol. The van der Waals surface area contributed by atoms with Crippen molar-refractivity contribution in [2.24, 2.45) is 10.9 Å². The molecule has 1 N–H and O–H groups in total. The zero-order chi connectivity index (χ0) is 15.5. The van der Waals surface area contributed by atoms with Crippen molar-refractivity contribution < 1.29 is 9.59 Å². The van der Waals surface area contributed by atoms with Crippen LogP contribution in [0.25, 0.3) is 0 Å². The minimum absolute atomic E-state index is 0.0254. The number of aliphatic imine (C=N–C) groups is 1. The molecule has 1 atom stereocenters. The van der Waals surface area contributed by atoms with E-state index in [1.165, 1.54) is 5.57 Å². The SMILES string of the molecule is O=C(CCCBr)N=C1C=CC2C(=C1)NC(=O)C1=C2CCCC1. The number of carbonyl (C=O) groups excluding carboxylic acids is 2. The Morgan fingerprint density at radius 2 is 2.18 bits per heavy atom. The molecule has 1 heterocycles. The Kier molecular flexibility index (Phi) is 4.71. The van der Waals surface area contributed by atoms with Crippen LogP contribution in [0.15, 0.2) is 40.1 Å². The van der Waals surface area contributed by atoms with E-state index in [-0.39, 0.29) is 17.7 Å². The predicted molar refractivity (Wildman–Crippen MR) is 89.8 cm³/mol. The quantitative estimate of drug-likeness (QED) is 0.783. The van der Waals surface area contributed by atoms with Crippen LogP contribution >= 0.6 is 15.9 Å². The number of amides is 2. The van der Waals surface area contributed by atoms with Gasteiger partial charge in [-0.3, -0.25) is 9.59 Å². The lowest BCUT2D eigenvalue weighted by molar-refractivity contribution is -0.118. The maximum atomic E-state index is 12.2. The largest absolute Gasteiger partial charge is 0.325 e. The molecule has 2 aliphatic carbocycles. The van der Waals surface area contributed by atoms with Gasteiger partial charge in [0.25, 0.3) is 5.91 Å². The van der Waals surface area contributed by atoms with Gasteiger partial charge in [0.05, 0.1) is 5.71 Å². The molecular weight excluding hydrogens is 344 g/mol. The second kappa shape index (κ2) is 6.73. The number of hydrogen-bond acceptors (Lipinski definition) is 2. The Morgan fingerprint density at radius 3 is 3.00 bits per heavy atom. The summed E-state index contributed by atoms with van der Waals surface area (Å²) in [6.07, 6.45) is 11.1. The van der Waals surface area contributed by atoms with Crippen LogP contribution in [0.1, 0.15) is 38.5 Å². The molecule has 116 valence electrons. The minimum atomic E-state index is -0.117. The fraction of sp³-hybridized carbons (Fsp3) is 0.471. The Bertz CT molecular complexity index is 629. The lowest BCUT2D eigenvalue weighted by Gasteiger charge is -2.33. The number of hydrogen-bond donors (Lipinski definition) is 1. The molecule has 4 nitrogen and oxygen atoms in total. The molecule has 1 aliphatic heterocycles. The number of nitrogens with zero attached hydrogens (tertiary/aromatic N) is 1. The maximum Gasteiger partial charge on any atom is 0.251 e. The summed E-state index contributed by atoms with van der Waals surface area (Å²) in [6.45, 7) is 0. The summed E-state index contributed by atoms with van der Waals surface area (Å²) in [6, 6.07) is 0. The minimum Gasteiger partial charge on any atom is -0.325 e. The highest BCUT2D eigenvalue weighted by Gasteiger charge is 2.32. The van der Waals surface area contributed by atoms with Crippen molar-refractivity contribution in [3.05, 3.63) is 35.1 Å². The van der Waals surface area contributed by atoms with E-state index in [1.807, 2.05) is 12.2 Å². The summed E-state index contributed by atoms with van der Waals surface area (Å²) in [5, 5.41) is 3.78. The van der Waals surface area contributed by atoms with E-state index in [2.05, 4.69) is 32.3 Å². The summed E-state index contributed by atoms with van der Waals surface area (Å²) in [5.41, 5.74) is 3.71. The summed E-state index contributed by atoms with van der Waals surface area (Å²) in [7, 11) is 0. The van der Waals surface area contributed by atoms with E-state index in [0.29, 0.717) is 12.1 Å². The molecule has 0 saturated heterocycles. The van der Waals surface area contributed by atoms with Crippen molar-refractivity contribution in [3.63, 3.8) is 0 Å². The summed E-state index contributed by atoms with van der Waals surface area (Å²) in [4.78, 5) is 28.1. The van der Waals surface area contributed by atoms with Gasteiger partial charge in [-0.1, -0.05) is 22.0 Å². The van der Waals surface area contributed by atoms with E-state index >= 15 is 0 Å². The number of halogens is 1. The van der Waals surface area contributed by atoms with Gasteiger partial charge in [-0.25, -0.2) is 4.99 Å². The van der Waals surface area contributed by atoms with Crippen LogP contribution in [0.3, 0.4) is 0 Å². The van der Waals surface area contributed by atoms with Crippen LogP contribution in [0, 0.1) is 5.92 Å². The number of nitrogens with one attached hydrogen (secondary N) is 1. The molecule has 22 heavy (non-hydrogen) atoms. The van der Waals surface area contributed by atoms with Crippen LogP contribution in [0.2, 0.25) is 0 Å². The molecule has 0 radical (unpaired) electrons. The highest BCUT2D eigenvalue weighted by atomic mass is 79.9. The van der Waals surface area contributed by atoms with Gasteiger partial charge in [-0.2, -0.15) is 0 Å². The van der Waals surface area contributed by atoms with Crippen LogP contribution < -0.4 is 5.32 Å². The van der Waals surface area contributed by atoms with Crippen molar-refractivity contribution in [2.75, 3.05) is 5.33 Å². The molecule has 5 heteroatoms. The van der Waals surface area contributed by atoms with Gasteiger partial charge in [0.2, 0.25) is 5.91 Å². The topological polar surface area (TPSA) is 58.5 Å². The zero-order valence-corrected chi connectivity index (χ0v) is 14.0. The average molecular weight is 363 g/mol. The molecule has 0 spiro atoms. The van der Waals surface area contributed by atoms with Crippen molar-refractivity contribution in [1.82, 2.24) is 5.32 Å². The van der Waals surface area contributed by atoms with Crippen LogP contribution in [0.4, 0.5) is 0 Å². The van der Waals surface area contributed by atoms with Gasteiger partial charge in [0.15, 0.2) is 0 Å². The van der Waals surface area contributed by atoms with Gasteiger partial charge < -0.3 is 5.32 Å². The van der Waals surface area contributed by atoms with Gasteiger partial charge in [-0.05, 0) is 49.8 Å². The number of alkyl halides is 1. The lowest BCUT2D eigenvalue weighted by atomic mass is 9.77. The van der Waals surface area contributed by atoms with Crippen molar-refractivity contribution >= 4 is 33.5 Å². The first-order chi connectivity index (χ1) is 10.7. The first-order valence-corrected chi connectivity index (χ1v) is 8.91. The lowest BCUT2D eigenvalue weighted by Crippen LogP contribution is -2.37. The van der Waals surface area contributed by atoms with Gasteiger partial charge in [-0.15, -0.1) is 0 Å². The molecule has 0 aromatic carbocycles. The molecule has 1 unspecified atom stereocenters. The normalized spacial score (nSPS) is 25.5. The highest BCUT2D eigenvalue weighted by Crippen LogP contribution is 2.38. The van der Waals surface area contributed by atoms with E-state index in [1.54, 1.807) is 0 Å². The summed E-state index contributed by atoms with van der Waals surface area (Å²) in [5.74, 6) is 0.0659. The Hall–Kier alpha value is -1.49. The second-order valence-electron chi connectivity index (χ2n) is 5.82. The molecular formula is C17H19BrN2O2. The smallest absolute Gasteiger partial charge is 0.251 e. The Labute approximate surface area is 138 Å². The fourth-order valence-corrected chi connectivity index (χ4v) is 3.52. The third-order valence-corrected chi connectivity index (χ3v) is 4.85. The highest BCUT2D eigenvalue weighted by molar-refractivity contribution is 9.09. The number of allylic oxidation sites excluding steroid dienone is 3. The van der Waals surface area contributed by atoms with Crippen molar-refractivity contribution in [3.8, 4) is 0 Å². The maximum absolute atomic E-state index is 12.2. The van der Waals surface area contributed by atoms with Crippen LogP contribution in [0.5, 0.6) is 0 Å². The first kappa shape index (κ1) is 15.4. The molecule has 2 amide bonds. The third kappa shape index (κ3) is 3.14. The molecule has 0 fully saturated rings. The average Bonchev–Trinajstić information content (AvgIpc) is 2.53. The standard InChI is InChI=1S/C17H19BrN2O2/c18-9-3-6-16(21)19-11-7-8-13-12-4-1-2-5-14(12)17(22)20-15(13)10-11/h7-8,10,13H,1-6,9H2,(H,20,22). The van der Waals surface area contributed by atoms with Crippen molar-refractivity contribution in [2.45, 2.75) is 38.5 Å². The molecule has 0 aromatic rings. The Morgan fingerprint density at radius 1 is 1.36 bits per heavy atom. The second-order valence-corrected chi connectivity index (χ2v) is 6.62. The third-order valence-electron chi connectivity index (χ3n) is 4.29. The van der Waals surface area contributed by atoms with Gasteiger partial charge in [0, 0.05) is 28.9 Å². The number of carbonyl (C=O) groups is 2. The number of fused-ring (bicyclic) bond motifs is 2. The fourth-order valence-electron chi connectivity index (χ4n) is 3.24. The van der Waals surface area contributed by atoms with E-state index in [0.717, 1.165) is 48.7 Å². The Balaban J connectivity index is 1.82. The van der Waals surface area contributed by atoms with E-state index in [9.17, 15) is 9.59 Å². The van der Waals surface area contributed by atoms with Crippen LogP contribution in [-0.2, 0) is 9.59 Å². The molecule has 3 rings (SSSR count). The summed E-state index contributed by atoms with van der Waals surface area (Å²) < 4.78 is 0. The zero-order valence-electron chi connectivity index (χ0n) is 12.4. The first-order valence-electron chi connectivity index (χ1n) is 7.79. The van der Waals surface area contributed by atoms with Gasteiger partial charge >= 0.3 is 0 Å². The molecule has 0 aromatic heterocycles. The predicted octanol–water partition coefficient (Wildman–Crippen LogP) is 3.20. The van der Waals surface area contributed by atoms with E-state index < -0.39 is 0 Å². The van der Waals surface area contributed by atoms with Gasteiger partial charge in [0.1, 0.15) is 0 Å². The summed E-state index contributed by atoms with van der Waals surface area (Å²) >= 11 is 3.31. The van der Waals surface area contributed by atoms with Crippen LogP contribution in [-0.4, -0.2) is 22.9 Å².